The number of nitrogens with zero attached hydrogens (tertiary/aromatic N) is 1. The van der Waals surface area contributed by atoms with Crippen LogP contribution in [0.15, 0.2) is 18.2 Å². The van der Waals surface area contributed by atoms with Gasteiger partial charge in [0.2, 0.25) is 0 Å². The molecule has 1 fully saturated rings. The average Bonchev–Trinajstić information content (AvgIpc) is 2.39. The van der Waals surface area contributed by atoms with Crippen molar-refractivity contribution in [3.63, 3.8) is 0 Å². The first-order valence-corrected chi connectivity index (χ1v) is 7.35. The van der Waals surface area contributed by atoms with E-state index in [1.54, 1.807) is 6.07 Å². The molecular weight excluding hydrogens is 274 g/mol. The van der Waals surface area contributed by atoms with E-state index < -0.39 is 0 Å². The minimum Gasteiger partial charge on any atom is -0.508 e. The molecule has 0 unspecified atom stereocenters. The molecule has 112 valence electrons. The van der Waals surface area contributed by atoms with E-state index in [0.717, 1.165) is 18.9 Å². The Kier molecular flexibility index (Phi) is 4.50. The van der Waals surface area contributed by atoms with Gasteiger partial charge in [-0.25, -0.2) is 0 Å². The Balaban J connectivity index is 0.00000147. The van der Waals surface area contributed by atoms with E-state index in [1.165, 1.54) is 31.4 Å². The van der Waals surface area contributed by atoms with E-state index in [0.29, 0.717) is 11.8 Å². The van der Waals surface area contributed by atoms with E-state index in [-0.39, 0.29) is 17.8 Å². The van der Waals surface area contributed by atoms with Crippen LogP contribution in [0.2, 0.25) is 0 Å². The maximum Gasteiger partial charge on any atom is 0.123 e. The number of phenolic OH excluding ortho intramolecular Hbond substituents is 1. The van der Waals surface area contributed by atoms with Crippen LogP contribution < -0.4 is 4.74 Å². The molecule has 0 bridgehead atoms. The van der Waals surface area contributed by atoms with Crippen LogP contribution in [0, 0.1) is 0 Å². The summed E-state index contributed by atoms with van der Waals surface area (Å²) in [4.78, 5) is 2.57. The molecule has 2 heterocycles. The lowest BCUT2D eigenvalue weighted by Gasteiger charge is -2.51. The summed E-state index contributed by atoms with van der Waals surface area (Å²) in [6.45, 7) is 7.65. The molecule has 2 aliphatic rings. The first-order chi connectivity index (χ1) is 9.15. The van der Waals surface area contributed by atoms with Gasteiger partial charge in [0.25, 0.3) is 0 Å². The van der Waals surface area contributed by atoms with Gasteiger partial charge in [-0.05, 0) is 50.6 Å². The highest BCUT2D eigenvalue weighted by Gasteiger charge is 2.46. The Morgan fingerprint density at radius 3 is 3.00 bits per heavy atom. The number of phenols is 1. The number of aromatic hydroxyl groups is 1. The van der Waals surface area contributed by atoms with Crippen LogP contribution in [0.3, 0.4) is 0 Å². The largest absolute Gasteiger partial charge is 0.508 e. The van der Waals surface area contributed by atoms with Gasteiger partial charge in [-0.15, -0.1) is 12.4 Å². The normalized spacial score (nSPS) is 28.8. The molecule has 20 heavy (non-hydrogen) atoms. The summed E-state index contributed by atoms with van der Waals surface area (Å²) >= 11 is 0. The number of halogens is 1. The quantitative estimate of drug-likeness (QED) is 0.909. The first kappa shape index (κ1) is 15.5. The van der Waals surface area contributed by atoms with Gasteiger partial charge in [0.1, 0.15) is 18.1 Å². The maximum atomic E-state index is 9.79. The van der Waals surface area contributed by atoms with Crippen LogP contribution in [0.4, 0.5) is 0 Å². The molecular formula is C16H24ClNO2. The predicted molar refractivity (Wildman–Crippen MR) is 83.1 cm³/mol. The van der Waals surface area contributed by atoms with Crippen LogP contribution in [-0.2, 0) is 5.41 Å². The topological polar surface area (TPSA) is 32.7 Å². The van der Waals surface area contributed by atoms with Crippen molar-refractivity contribution < 1.29 is 9.84 Å². The maximum absolute atomic E-state index is 9.79. The summed E-state index contributed by atoms with van der Waals surface area (Å²) < 4.78 is 5.94. The van der Waals surface area contributed by atoms with Gasteiger partial charge in [0.15, 0.2) is 0 Å². The minimum absolute atomic E-state index is 0. The minimum atomic E-state index is 0. The average molecular weight is 298 g/mol. The highest BCUT2D eigenvalue weighted by atomic mass is 35.5. The molecule has 1 aromatic rings. The third kappa shape index (κ3) is 2.38. The third-order valence-corrected chi connectivity index (χ3v) is 4.80. The van der Waals surface area contributed by atoms with Gasteiger partial charge >= 0.3 is 0 Å². The van der Waals surface area contributed by atoms with E-state index >= 15 is 0 Å². The van der Waals surface area contributed by atoms with E-state index in [9.17, 15) is 5.11 Å². The van der Waals surface area contributed by atoms with Crippen molar-refractivity contribution in [3.8, 4) is 11.5 Å². The predicted octanol–water partition coefficient (Wildman–Crippen LogP) is 3.34. The summed E-state index contributed by atoms with van der Waals surface area (Å²) in [5.41, 5.74) is 1.30. The van der Waals surface area contributed by atoms with Crippen molar-refractivity contribution in [2.75, 3.05) is 19.7 Å². The van der Waals surface area contributed by atoms with Crippen molar-refractivity contribution in [2.45, 2.75) is 44.6 Å². The van der Waals surface area contributed by atoms with Crippen molar-refractivity contribution in [1.29, 1.82) is 0 Å². The van der Waals surface area contributed by atoms with Gasteiger partial charge in [0, 0.05) is 11.0 Å². The molecule has 1 N–H and O–H groups in total. The van der Waals surface area contributed by atoms with Crippen molar-refractivity contribution >= 4 is 12.4 Å². The molecule has 3 nitrogen and oxygen atoms in total. The lowest BCUT2D eigenvalue weighted by atomic mass is 9.68. The van der Waals surface area contributed by atoms with E-state index in [4.69, 9.17) is 4.74 Å². The van der Waals surface area contributed by atoms with Gasteiger partial charge < -0.3 is 9.84 Å². The SMILES string of the molecule is CCCN1CCC[C@@]2(C)c3cc(O)ccc3OC[C@H]12.Cl. The molecule has 0 aromatic heterocycles. The number of ether oxygens (including phenoxy) is 1. The fourth-order valence-corrected chi connectivity index (χ4v) is 3.79. The zero-order valence-corrected chi connectivity index (χ0v) is 13.1. The second-order valence-electron chi connectivity index (χ2n) is 6.06. The molecule has 0 spiro atoms. The molecule has 1 saturated heterocycles. The molecule has 3 rings (SSSR count). The van der Waals surface area contributed by atoms with Crippen LogP contribution in [0.5, 0.6) is 11.5 Å². The number of hydrogen-bond acceptors (Lipinski definition) is 3. The number of hydrogen-bond donors (Lipinski definition) is 1. The Labute approximate surface area is 127 Å². The Morgan fingerprint density at radius 1 is 1.45 bits per heavy atom. The van der Waals surface area contributed by atoms with Crippen molar-refractivity contribution in [1.82, 2.24) is 4.90 Å². The lowest BCUT2D eigenvalue weighted by molar-refractivity contribution is 0.0222. The highest BCUT2D eigenvalue weighted by Crippen LogP contribution is 2.47. The molecule has 4 heteroatoms. The number of fused-ring (bicyclic) bond motifs is 3. The Morgan fingerprint density at radius 2 is 2.25 bits per heavy atom. The first-order valence-electron chi connectivity index (χ1n) is 7.35. The zero-order valence-electron chi connectivity index (χ0n) is 12.3. The van der Waals surface area contributed by atoms with E-state index in [1.807, 2.05) is 12.1 Å². The van der Waals surface area contributed by atoms with Crippen molar-refractivity contribution in [3.05, 3.63) is 23.8 Å². The number of rotatable bonds is 2. The second kappa shape index (κ2) is 5.82. The monoisotopic (exact) mass is 297 g/mol. The fourth-order valence-electron chi connectivity index (χ4n) is 3.79. The fraction of sp³-hybridized carbons (Fsp3) is 0.625. The standard InChI is InChI=1S/C16H23NO2.ClH/c1-3-8-17-9-4-7-16(2)13-10-12(18)5-6-14(13)19-11-15(16)17;/h5-6,10,15,18H,3-4,7-9,11H2,1-2H3;1H/t15-,16-;/m0./s1. The van der Waals surface area contributed by atoms with Gasteiger partial charge in [-0.3, -0.25) is 4.90 Å². The number of likely N-dealkylation sites (tertiary alicyclic amines) is 1. The van der Waals surface area contributed by atoms with E-state index in [2.05, 4.69) is 18.7 Å². The molecule has 1 aromatic carbocycles. The number of benzene rings is 1. The molecule has 0 aliphatic carbocycles. The summed E-state index contributed by atoms with van der Waals surface area (Å²) in [5, 5.41) is 9.79. The van der Waals surface area contributed by atoms with Crippen molar-refractivity contribution in [2.24, 2.45) is 0 Å². The summed E-state index contributed by atoms with van der Waals surface area (Å²) in [6, 6.07) is 5.97. The lowest BCUT2D eigenvalue weighted by Crippen LogP contribution is -2.58. The summed E-state index contributed by atoms with van der Waals surface area (Å²) in [5.74, 6) is 1.30. The summed E-state index contributed by atoms with van der Waals surface area (Å²) in [7, 11) is 0. The van der Waals surface area contributed by atoms with Gasteiger partial charge in [-0.1, -0.05) is 13.8 Å². The molecule has 0 amide bonds. The van der Waals surface area contributed by atoms with Crippen LogP contribution in [-0.4, -0.2) is 35.7 Å². The summed E-state index contributed by atoms with van der Waals surface area (Å²) in [6.07, 6.45) is 3.58. The third-order valence-electron chi connectivity index (χ3n) is 4.80. The van der Waals surface area contributed by atoms with Crippen LogP contribution in [0.25, 0.3) is 0 Å². The Bertz CT molecular complexity index is 478. The smallest absolute Gasteiger partial charge is 0.123 e. The molecule has 2 aliphatic heterocycles. The second-order valence-corrected chi connectivity index (χ2v) is 6.06. The highest BCUT2D eigenvalue weighted by molar-refractivity contribution is 5.85. The molecule has 0 saturated carbocycles. The molecule has 0 radical (unpaired) electrons. The molecule has 2 atom stereocenters. The Hall–Kier alpha value is -0.930. The zero-order chi connectivity index (χ0) is 13.5. The van der Waals surface area contributed by atoms with Gasteiger partial charge in [0.05, 0.1) is 6.04 Å². The number of piperidine rings is 1. The van der Waals surface area contributed by atoms with Crippen LogP contribution in [0.1, 0.15) is 38.7 Å². The van der Waals surface area contributed by atoms with Gasteiger partial charge in [-0.2, -0.15) is 0 Å². The van der Waals surface area contributed by atoms with Crippen LogP contribution >= 0.6 is 12.4 Å².